The van der Waals surface area contributed by atoms with Gasteiger partial charge in [0.05, 0.1) is 0 Å². The quantitative estimate of drug-likeness (QED) is 0.368. The molecular weight excluding hydrogens is 142 g/mol. The van der Waals surface area contributed by atoms with Crippen LogP contribution in [0, 0.1) is 0 Å². The molecule has 0 atom stereocenters. The van der Waals surface area contributed by atoms with E-state index >= 15 is 0 Å². The summed E-state index contributed by atoms with van der Waals surface area (Å²) in [6.07, 6.45) is 0. The number of hydrogen-bond acceptors (Lipinski definition) is 0. The van der Waals surface area contributed by atoms with Gasteiger partial charge in [-0.05, 0) is 0 Å². The summed E-state index contributed by atoms with van der Waals surface area (Å²) >= 11 is 0. The molecule has 0 heterocycles. The molecule has 0 saturated carbocycles. The normalized spacial score (nSPS) is 0. The molecular formula is H4O2ScZn. The second kappa shape index (κ2) is 25.7. The first kappa shape index (κ1) is 52.8. The molecule has 0 bridgehead atoms. The van der Waals surface area contributed by atoms with Crippen molar-refractivity contribution in [2.75, 3.05) is 0 Å². The van der Waals surface area contributed by atoms with E-state index in [2.05, 4.69) is 0 Å². The first-order valence-corrected chi connectivity index (χ1v) is 0. The van der Waals surface area contributed by atoms with E-state index in [-0.39, 0.29) is 56.3 Å². The molecule has 4 heteroatoms. The molecule has 0 unspecified atom stereocenters. The van der Waals surface area contributed by atoms with Crippen molar-refractivity contribution in [3.8, 4) is 0 Å². The van der Waals surface area contributed by atoms with Gasteiger partial charge in [-0.2, -0.15) is 0 Å². The van der Waals surface area contributed by atoms with Crippen molar-refractivity contribution in [2.45, 2.75) is 0 Å². The van der Waals surface area contributed by atoms with Crippen molar-refractivity contribution >= 4 is 0 Å². The van der Waals surface area contributed by atoms with Gasteiger partial charge in [0.25, 0.3) is 0 Å². The third kappa shape index (κ3) is 9.95. The van der Waals surface area contributed by atoms with E-state index < -0.39 is 0 Å². The topological polar surface area (TPSA) is 63.0 Å². The molecule has 4 heavy (non-hydrogen) atoms. The monoisotopic (exact) mass is 145 g/mol. The van der Waals surface area contributed by atoms with Crippen LogP contribution in [-0.2, 0) is 45.3 Å². The maximum Gasteiger partial charge on any atom is 0 e. The number of rotatable bonds is 0. The molecule has 1 radical (unpaired) electrons. The van der Waals surface area contributed by atoms with Gasteiger partial charge in [-0.25, -0.2) is 0 Å². The van der Waals surface area contributed by atoms with Crippen LogP contribution in [0.25, 0.3) is 0 Å². The van der Waals surface area contributed by atoms with Gasteiger partial charge >= 0.3 is 0 Å². The van der Waals surface area contributed by atoms with Crippen LogP contribution in [0.5, 0.6) is 0 Å². The Morgan fingerprint density at radius 3 is 0.750 bits per heavy atom. The summed E-state index contributed by atoms with van der Waals surface area (Å²) in [5.74, 6) is 0. The molecule has 2 nitrogen and oxygen atoms in total. The van der Waals surface area contributed by atoms with Gasteiger partial charge in [-0.1, -0.05) is 0 Å². The average molecular weight is 146 g/mol. The molecule has 0 rings (SSSR count). The van der Waals surface area contributed by atoms with Crippen molar-refractivity contribution in [3.05, 3.63) is 0 Å². The van der Waals surface area contributed by atoms with Crippen LogP contribution in [0.3, 0.4) is 0 Å². The summed E-state index contributed by atoms with van der Waals surface area (Å²) < 4.78 is 0. The van der Waals surface area contributed by atoms with Crippen molar-refractivity contribution in [1.82, 2.24) is 0 Å². The van der Waals surface area contributed by atoms with E-state index in [1.54, 1.807) is 0 Å². The van der Waals surface area contributed by atoms with Gasteiger partial charge < -0.3 is 11.0 Å². The molecule has 0 aromatic rings. The third-order valence-corrected chi connectivity index (χ3v) is 0. The minimum atomic E-state index is 0. The average Bonchev–Trinajstić information content (AvgIpc) is 0. The largest absolute Gasteiger partial charge is 0.412 e. The van der Waals surface area contributed by atoms with E-state index in [1.165, 1.54) is 0 Å². The Labute approximate surface area is 56.1 Å². The predicted octanol–water partition coefficient (Wildman–Crippen LogP) is -1.65. The first-order valence-electron chi connectivity index (χ1n) is 0. The van der Waals surface area contributed by atoms with Crippen molar-refractivity contribution in [2.24, 2.45) is 0 Å². The third-order valence-electron chi connectivity index (χ3n) is 0. The van der Waals surface area contributed by atoms with Crippen LogP contribution in [0.4, 0.5) is 0 Å². The Morgan fingerprint density at radius 2 is 0.750 bits per heavy atom. The van der Waals surface area contributed by atoms with Gasteiger partial charge in [-0.3, -0.25) is 0 Å². The Kier molecular flexibility index (Phi) is 340. The molecule has 0 aromatic carbocycles. The smallest absolute Gasteiger partial charge is 0 e. The predicted molar refractivity (Wildman–Crippen MR) is 7.23 cm³/mol. The first-order chi connectivity index (χ1) is 0. The molecule has 0 saturated heterocycles. The summed E-state index contributed by atoms with van der Waals surface area (Å²) in [6, 6.07) is 0. The van der Waals surface area contributed by atoms with Crippen molar-refractivity contribution < 1.29 is 56.3 Å². The standard InChI is InChI=1S/2H2O.Sc.Zn/h2*1H2;;. The van der Waals surface area contributed by atoms with E-state index in [0.29, 0.717) is 0 Å². The fourth-order valence-electron chi connectivity index (χ4n) is 0. The molecule has 0 spiro atoms. The second-order valence-electron chi connectivity index (χ2n) is 0. The Hall–Kier alpha value is 1.41. The molecule has 0 aliphatic rings. The maximum atomic E-state index is 0. The molecule has 21 valence electrons. The summed E-state index contributed by atoms with van der Waals surface area (Å²) in [4.78, 5) is 0. The fraction of sp³-hybridized carbons (Fsp3) is 0. The van der Waals surface area contributed by atoms with E-state index in [0.717, 1.165) is 0 Å². The van der Waals surface area contributed by atoms with Gasteiger partial charge in [0.2, 0.25) is 0 Å². The summed E-state index contributed by atoms with van der Waals surface area (Å²) in [7, 11) is 0. The fourth-order valence-corrected chi connectivity index (χ4v) is 0. The molecule has 0 aliphatic heterocycles. The Balaban J connectivity index is 0. The summed E-state index contributed by atoms with van der Waals surface area (Å²) in [6.45, 7) is 0. The second-order valence-corrected chi connectivity index (χ2v) is 0. The zero-order chi connectivity index (χ0) is 0. The molecule has 0 aliphatic carbocycles. The van der Waals surface area contributed by atoms with Crippen molar-refractivity contribution in [1.29, 1.82) is 0 Å². The molecule has 4 N–H and O–H groups in total. The Bertz CT molecular complexity index is 6.00. The van der Waals surface area contributed by atoms with Crippen LogP contribution >= 0.6 is 0 Å². The zero-order valence-corrected chi connectivity index (χ0v) is 7.05. The van der Waals surface area contributed by atoms with E-state index in [9.17, 15) is 0 Å². The van der Waals surface area contributed by atoms with Gasteiger partial charge in [0.15, 0.2) is 0 Å². The van der Waals surface area contributed by atoms with Gasteiger partial charge in [0, 0.05) is 45.3 Å². The molecule has 0 fully saturated rings. The minimum Gasteiger partial charge on any atom is -0.412 e. The SMILES string of the molecule is O.O.[Sc].[Zn]. The van der Waals surface area contributed by atoms with Gasteiger partial charge in [-0.15, -0.1) is 0 Å². The van der Waals surface area contributed by atoms with Crippen LogP contribution in [0.2, 0.25) is 0 Å². The summed E-state index contributed by atoms with van der Waals surface area (Å²) in [5.41, 5.74) is 0. The van der Waals surface area contributed by atoms with Crippen LogP contribution in [0.1, 0.15) is 0 Å². The van der Waals surface area contributed by atoms with Crippen LogP contribution in [0.15, 0.2) is 0 Å². The molecule has 0 aromatic heterocycles. The number of hydrogen-bond donors (Lipinski definition) is 0. The maximum absolute atomic E-state index is 0. The van der Waals surface area contributed by atoms with Crippen LogP contribution in [-0.4, -0.2) is 11.0 Å². The summed E-state index contributed by atoms with van der Waals surface area (Å²) in [5, 5.41) is 0. The van der Waals surface area contributed by atoms with Crippen molar-refractivity contribution in [3.63, 3.8) is 0 Å². The zero-order valence-electron chi connectivity index (χ0n) is 2.28. The van der Waals surface area contributed by atoms with Crippen LogP contribution < -0.4 is 0 Å². The van der Waals surface area contributed by atoms with E-state index in [1.807, 2.05) is 0 Å². The minimum absolute atomic E-state index is 0. The molecule has 0 amide bonds. The van der Waals surface area contributed by atoms with Gasteiger partial charge in [0.1, 0.15) is 0 Å². The Morgan fingerprint density at radius 1 is 0.750 bits per heavy atom. The van der Waals surface area contributed by atoms with E-state index in [4.69, 9.17) is 0 Å².